The Labute approximate surface area is 160 Å². The minimum atomic E-state index is -3.57. The van der Waals surface area contributed by atoms with Gasteiger partial charge in [0.2, 0.25) is 15.9 Å². The first-order valence-corrected chi connectivity index (χ1v) is 10.2. The largest absolute Gasteiger partial charge is 0.322 e. The second-order valence-corrected chi connectivity index (χ2v) is 8.09. The van der Waals surface area contributed by atoms with Crippen LogP contribution in [-0.2, 0) is 21.9 Å². The van der Waals surface area contributed by atoms with Crippen molar-refractivity contribution >= 4 is 27.7 Å². The molecule has 1 N–H and O–H groups in total. The van der Waals surface area contributed by atoms with Crippen LogP contribution in [0, 0.1) is 13.8 Å². The van der Waals surface area contributed by atoms with Crippen LogP contribution in [0.15, 0.2) is 35.2 Å². The Bertz CT molecular complexity index is 957. The van der Waals surface area contributed by atoms with E-state index < -0.39 is 10.0 Å². The number of hydrogen-bond acceptors (Lipinski definition) is 4. The minimum absolute atomic E-state index is 0.159. The molecule has 1 heterocycles. The van der Waals surface area contributed by atoms with E-state index in [0.29, 0.717) is 18.8 Å². The maximum Gasteiger partial charge on any atom is 0.248 e. The monoisotopic (exact) mass is 390 g/mol. The quantitative estimate of drug-likeness (QED) is 0.737. The summed E-state index contributed by atoms with van der Waals surface area (Å²) in [6.07, 6.45) is 3.13. The molecule has 2 rings (SSSR count). The maximum absolute atomic E-state index is 12.6. The average Bonchev–Trinajstić information content (AvgIpc) is 2.86. The van der Waals surface area contributed by atoms with Crippen LogP contribution >= 0.6 is 0 Å². The molecule has 0 bridgehead atoms. The van der Waals surface area contributed by atoms with Gasteiger partial charge in [-0.05, 0) is 38.1 Å². The summed E-state index contributed by atoms with van der Waals surface area (Å²) in [7, 11) is -1.72. The average molecular weight is 391 g/mol. The molecule has 0 spiro atoms. The standard InChI is InChI=1S/C19H26N4O3S/c1-6-23(7-2)27(25,26)17-10-8-9-16(13-17)20-19(24)12-11-18-14(3)21-22(5)15(18)4/h8-13H,6-7H2,1-5H3,(H,20,24)/b12-11+. The normalized spacial score (nSPS) is 12.1. The highest BCUT2D eigenvalue weighted by Crippen LogP contribution is 2.20. The zero-order chi connectivity index (χ0) is 20.2. The fourth-order valence-corrected chi connectivity index (χ4v) is 4.33. The van der Waals surface area contributed by atoms with Gasteiger partial charge in [0.05, 0.1) is 10.6 Å². The highest BCUT2D eigenvalue weighted by Gasteiger charge is 2.21. The molecule has 146 valence electrons. The Morgan fingerprint density at radius 1 is 1.26 bits per heavy atom. The number of hydrogen-bond donors (Lipinski definition) is 1. The molecule has 1 aromatic carbocycles. The van der Waals surface area contributed by atoms with E-state index in [1.807, 2.05) is 20.9 Å². The molecule has 0 aliphatic carbocycles. The summed E-state index contributed by atoms with van der Waals surface area (Å²) in [5.74, 6) is -0.338. The van der Waals surface area contributed by atoms with Crippen molar-refractivity contribution in [1.82, 2.24) is 14.1 Å². The molecular weight excluding hydrogens is 364 g/mol. The molecule has 1 aromatic heterocycles. The van der Waals surface area contributed by atoms with Crippen LogP contribution in [-0.4, -0.2) is 41.5 Å². The van der Waals surface area contributed by atoms with E-state index in [0.717, 1.165) is 17.0 Å². The Balaban J connectivity index is 2.18. The number of aromatic nitrogens is 2. The molecule has 7 nitrogen and oxygen atoms in total. The van der Waals surface area contributed by atoms with E-state index in [4.69, 9.17) is 0 Å². The van der Waals surface area contributed by atoms with E-state index >= 15 is 0 Å². The van der Waals surface area contributed by atoms with Gasteiger partial charge < -0.3 is 5.32 Å². The summed E-state index contributed by atoms with van der Waals surface area (Å²) < 4.78 is 28.4. The van der Waals surface area contributed by atoms with Crippen molar-refractivity contribution in [2.75, 3.05) is 18.4 Å². The third-order valence-corrected chi connectivity index (χ3v) is 6.46. The predicted molar refractivity (Wildman–Crippen MR) is 107 cm³/mol. The summed E-state index contributed by atoms with van der Waals surface area (Å²) in [6.45, 7) is 8.18. The van der Waals surface area contributed by atoms with E-state index in [2.05, 4.69) is 10.4 Å². The predicted octanol–water partition coefficient (Wildman–Crippen LogP) is 2.72. The van der Waals surface area contributed by atoms with Gasteiger partial charge in [-0.25, -0.2) is 8.42 Å². The third-order valence-electron chi connectivity index (χ3n) is 4.41. The SMILES string of the molecule is CCN(CC)S(=O)(=O)c1cccc(NC(=O)/C=C/c2c(C)nn(C)c2C)c1. The van der Waals surface area contributed by atoms with E-state index in [1.165, 1.54) is 22.5 Å². The van der Waals surface area contributed by atoms with Gasteiger partial charge in [0.1, 0.15) is 0 Å². The van der Waals surface area contributed by atoms with Gasteiger partial charge >= 0.3 is 0 Å². The molecule has 27 heavy (non-hydrogen) atoms. The van der Waals surface area contributed by atoms with Crippen molar-refractivity contribution in [1.29, 1.82) is 0 Å². The van der Waals surface area contributed by atoms with Crippen LogP contribution in [0.4, 0.5) is 5.69 Å². The van der Waals surface area contributed by atoms with Crippen LogP contribution in [0.3, 0.4) is 0 Å². The van der Waals surface area contributed by atoms with Gasteiger partial charge in [0, 0.05) is 43.2 Å². The number of aryl methyl sites for hydroxylation is 2. The number of nitrogens with zero attached hydrogens (tertiary/aromatic N) is 3. The molecule has 8 heteroatoms. The molecule has 0 aliphatic rings. The van der Waals surface area contributed by atoms with Gasteiger partial charge in [0.15, 0.2) is 0 Å². The van der Waals surface area contributed by atoms with Crippen molar-refractivity contribution in [2.45, 2.75) is 32.6 Å². The maximum atomic E-state index is 12.6. The zero-order valence-corrected chi connectivity index (χ0v) is 17.2. The molecule has 0 saturated heterocycles. The Hall–Kier alpha value is -2.45. The highest BCUT2D eigenvalue weighted by molar-refractivity contribution is 7.89. The van der Waals surface area contributed by atoms with Crippen molar-refractivity contribution in [3.8, 4) is 0 Å². The summed E-state index contributed by atoms with van der Waals surface area (Å²) in [4.78, 5) is 12.4. The third kappa shape index (κ3) is 4.64. The molecular formula is C19H26N4O3S. The van der Waals surface area contributed by atoms with Crippen LogP contribution in [0.1, 0.15) is 30.8 Å². The lowest BCUT2D eigenvalue weighted by molar-refractivity contribution is -0.111. The number of carbonyl (C=O) groups excluding carboxylic acids is 1. The summed E-state index contributed by atoms with van der Waals surface area (Å²) in [5.41, 5.74) is 3.12. The second kappa shape index (κ2) is 8.49. The van der Waals surface area contributed by atoms with E-state index in [1.54, 1.807) is 36.7 Å². The first-order valence-electron chi connectivity index (χ1n) is 8.80. The fourth-order valence-electron chi connectivity index (χ4n) is 2.82. The summed E-state index contributed by atoms with van der Waals surface area (Å²) >= 11 is 0. The lowest BCUT2D eigenvalue weighted by Gasteiger charge is -2.18. The lowest BCUT2D eigenvalue weighted by atomic mass is 10.2. The molecule has 2 aromatic rings. The number of benzene rings is 1. The van der Waals surface area contributed by atoms with Gasteiger partial charge in [-0.1, -0.05) is 19.9 Å². The van der Waals surface area contributed by atoms with Crippen molar-refractivity contribution in [3.05, 3.63) is 47.3 Å². The van der Waals surface area contributed by atoms with E-state index in [9.17, 15) is 13.2 Å². The minimum Gasteiger partial charge on any atom is -0.322 e. The lowest BCUT2D eigenvalue weighted by Crippen LogP contribution is -2.30. The van der Waals surface area contributed by atoms with Gasteiger partial charge in [-0.15, -0.1) is 0 Å². The molecule has 0 aliphatic heterocycles. The second-order valence-electron chi connectivity index (χ2n) is 6.15. The van der Waals surface area contributed by atoms with Crippen LogP contribution < -0.4 is 5.32 Å². The van der Waals surface area contributed by atoms with Crippen LogP contribution in [0.25, 0.3) is 6.08 Å². The number of amides is 1. The van der Waals surface area contributed by atoms with Gasteiger partial charge in [-0.2, -0.15) is 9.40 Å². The highest BCUT2D eigenvalue weighted by atomic mass is 32.2. The number of anilines is 1. The van der Waals surface area contributed by atoms with Crippen molar-refractivity contribution in [3.63, 3.8) is 0 Å². The number of nitrogens with one attached hydrogen (secondary N) is 1. The molecule has 0 fully saturated rings. The zero-order valence-electron chi connectivity index (χ0n) is 16.4. The molecule has 1 amide bonds. The Morgan fingerprint density at radius 2 is 1.93 bits per heavy atom. The smallest absolute Gasteiger partial charge is 0.248 e. The number of rotatable bonds is 7. The van der Waals surface area contributed by atoms with Gasteiger partial charge in [-0.3, -0.25) is 9.48 Å². The number of sulfonamides is 1. The first kappa shape index (κ1) is 20.9. The molecule has 0 radical (unpaired) electrons. The van der Waals surface area contributed by atoms with Crippen molar-refractivity contribution < 1.29 is 13.2 Å². The molecule has 0 unspecified atom stereocenters. The molecule has 0 atom stereocenters. The van der Waals surface area contributed by atoms with Crippen LogP contribution in [0.5, 0.6) is 0 Å². The fraction of sp³-hybridized carbons (Fsp3) is 0.368. The molecule has 0 saturated carbocycles. The summed E-state index contributed by atoms with van der Waals surface area (Å²) in [6, 6.07) is 6.28. The first-order chi connectivity index (χ1) is 12.7. The summed E-state index contributed by atoms with van der Waals surface area (Å²) in [5, 5.41) is 7.02. The van der Waals surface area contributed by atoms with Crippen molar-refractivity contribution in [2.24, 2.45) is 7.05 Å². The topological polar surface area (TPSA) is 84.3 Å². The Morgan fingerprint density at radius 3 is 2.48 bits per heavy atom. The van der Waals surface area contributed by atoms with E-state index in [-0.39, 0.29) is 10.8 Å². The Kier molecular flexibility index (Phi) is 6.56. The van der Waals surface area contributed by atoms with Gasteiger partial charge in [0.25, 0.3) is 0 Å². The number of carbonyl (C=O) groups is 1. The van der Waals surface area contributed by atoms with Crippen LogP contribution in [0.2, 0.25) is 0 Å².